The number of anilines is 1. The van der Waals surface area contributed by atoms with Gasteiger partial charge < -0.3 is 9.88 Å². The van der Waals surface area contributed by atoms with E-state index in [1.165, 1.54) is 38.5 Å². The number of aryl methyl sites for hydroxylation is 2. The van der Waals surface area contributed by atoms with E-state index in [1.807, 2.05) is 0 Å². The lowest BCUT2D eigenvalue weighted by atomic mass is 10.2. The summed E-state index contributed by atoms with van der Waals surface area (Å²) >= 11 is 0. The van der Waals surface area contributed by atoms with Gasteiger partial charge in [-0.15, -0.1) is 0 Å². The van der Waals surface area contributed by atoms with E-state index in [0.717, 1.165) is 24.7 Å². The molecule has 0 fully saturated rings. The molecule has 98 valence electrons. The summed E-state index contributed by atoms with van der Waals surface area (Å²) in [4.78, 5) is 4.53. The Balaban J connectivity index is 2.40. The smallest absolute Gasteiger partial charge is 0.203 e. The summed E-state index contributed by atoms with van der Waals surface area (Å²) < 4.78 is 2.26. The summed E-state index contributed by atoms with van der Waals surface area (Å²) in [6.45, 7) is 8.65. The highest BCUT2D eigenvalue weighted by molar-refractivity contribution is 5.28. The topological polar surface area (TPSA) is 29.9 Å². The van der Waals surface area contributed by atoms with Crippen LogP contribution in [0.5, 0.6) is 0 Å². The maximum Gasteiger partial charge on any atom is 0.203 e. The van der Waals surface area contributed by atoms with Crippen LogP contribution in [-0.4, -0.2) is 16.1 Å². The molecular weight excluding hydrogens is 210 g/mol. The van der Waals surface area contributed by atoms with E-state index in [1.54, 1.807) is 0 Å². The maximum absolute atomic E-state index is 4.53. The first-order valence-corrected chi connectivity index (χ1v) is 7.05. The highest BCUT2D eigenvalue weighted by atomic mass is 15.2. The van der Waals surface area contributed by atoms with Gasteiger partial charge >= 0.3 is 0 Å². The van der Waals surface area contributed by atoms with Gasteiger partial charge in [-0.1, -0.05) is 39.5 Å². The van der Waals surface area contributed by atoms with Crippen LogP contribution in [0.15, 0.2) is 6.20 Å². The van der Waals surface area contributed by atoms with Crippen LogP contribution in [0.25, 0.3) is 0 Å². The summed E-state index contributed by atoms with van der Waals surface area (Å²) in [7, 11) is 0. The molecule has 0 aliphatic rings. The number of imidazole rings is 1. The van der Waals surface area contributed by atoms with Crippen molar-refractivity contribution in [3.05, 3.63) is 11.9 Å². The van der Waals surface area contributed by atoms with Crippen LogP contribution in [0.1, 0.15) is 58.1 Å². The predicted molar refractivity (Wildman–Crippen MR) is 74.5 cm³/mol. The van der Waals surface area contributed by atoms with Crippen molar-refractivity contribution in [3.8, 4) is 0 Å². The fraction of sp³-hybridized carbons (Fsp3) is 0.786. The van der Waals surface area contributed by atoms with Gasteiger partial charge in [-0.25, -0.2) is 4.98 Å². The Morgan fingerprint density at radius 3 is 2.59 bits per heavy atom. The van der Waals surface area contributed by atoms with Crippen LogP contribution in [0.2, 0.25) is 0 Å². The molecule has 1 aromatic heterocycles. The summed E-state index contributed by atoms with van der Waals surface area (Å²) in [5.74, 6) is 1.05. The number of unbranched alkanes of at least 4 members (excludes halogenated alkanes) is 4. The first-order valence-electron chi connectivity index (χ1n) is 7.05. The second-order valence-electron chi connectivity index (χ2n) is 4.74. The monoisotopic (exact) mass is 237 g/mol. The van der Waals surface area contributed by atoms with E-state index in [0.29, 0.717) is 0 Å². The van der Waals surface area contributed by atoms with Gasteiger partial charge in [-0.2, -0.15) is 0 Å². The Labute approximate surface area is 106 Å². The molecule has 0 aliphatic heterocycles. The molecule has 0 bridgehead atoms. The molecule has 3 heteroatoms. The number of nitrogens with one attached hydrogen (secondary N) is 1. The van der Waals surface area contributed by atoms with E-state index >= 15 is 0 Å². The van der Waals surface area contributed by atoms with Crippen LogP contribution in [0, 0.1) is 6.92 Å². The van der Waals surface area contributed by atoms with E-state index in [-0.39, 0.29) is 0 Å². The SMILES string of the molecule is CCCCCCn1cc(C)nc1NCCCC. The standard InChI is InChI=1S/C14H27N3/c1-4-6-8-9-11-17-12-13(3)16-14(17)15-10-7-5-2/h12H,4-11H2,1-3H3,(H,15,16). The molecule has 3 nitrogen and oxygen atoms in total. The quantitative estimate of drug-likeness (QED) is 0.658. The van der Waals surface area contributed by atoms with Gasteiger partial charge in [0.2, 0.25) is 5.95 Å². The molecule has 0 aromatic carbocycles. The third-order valence-corrected chi connectivity index (χ3v) is 2.96. The Morgan fingerprint density at radius 2 is 1.88 bits per heavy atom. The predicted octanol–water partition coefficient (Wildman–Crippen LogP) is 3.98. The minimum Gasteiger partial charge on any atom is -0.356 e. The van der Waals surface area contributed by atoms with Crippen molar-refractivity contribution in [2.45, 2.75) is 65.8 Å². The number of aromatic nitrogens is 2. The Hall–Kier alpha value is -0.990. The average molecular weight is 237 g/mol. The molecule has 0 saturated carbocycles. The van der Waals surface area contributed by atoms with Crippen LogP contribution in [0.3, 0.4) is 0 Å². The van der Waals surface area contributed by atoms with Crippen molar-refractivity contribution in [1.82, 2.24) is 9.55 Å². The lowest BCUT2D eigenvalue weighted by molar-refractivity contribution is 0.584. The van der Waals surface area contributed by atoms with Gasteiger partial charge in [0, 0.05) is 19.3 Å². The molecule has 0 unspecified atom stereocenters. The van der Waals surface area contributed by atoms with Gasteiger partial charge in [-0.05, 0) is 19.8 Å². The average Bonchev–Trinajstić information content (AvgIpc) is 2.66. The summed E-state index contributed by atoms with van der Waals surface area (Å²) in [6, 6.07) is 0. The van der Waals surface area contributed by atoms with Crippen molar-refractivity contribution < 1.29 is 0 Å². The van der Waals surface area contributed by atoms with Crippen LogP contribution in [0.4, 0.5) is 5.95 Å². The maximum atomic E-state index is 4.53. The van der Waals surface area contributed by atoms with Crippen molar-refractivity contribution in [2.75, 3.05) is 11.9 Å². The van der Waals surface area contributed by atoms with Crippen molar-refractivity contribution in [3.63, 3.8) is 0 Å². The van der Waals surface area contributed by atoms with E-state index in [4.69, 9.17) is 0 Å². The largest absolute Gasteiger partial charge is 0.356 e. The van der Waals surface area contributed by atoms with Crippen LogP contribution >= 0.6 is 0 Å². The molecule has 0 atom stereocenters. The fourth-order valence-electron chi connectivity index (χ4n) is 1.94. The van der Waals surface area contributed by atoms with E-state index in [2.05, 4.69) is 41.8 Å². The molecule has 1 aromatic rings. The highest BCUT2D eigenvalue weighted by Gasteiger charge is 2.04. The Bertz CT molecular complexity index is 304. The Kier molecular flexibility index (Phi) is 6.75. The molecule has 0 amide bonds. The summed E-state index contributed by atoms with van der Waals surface area (Å²) in [5, 5.41) is 3.43. The molecule has 1 N–H and O–H groups in total. The normalized spacial score (nSPS) is 10.8. The molecule has 1 heterocycles. The van der Waals surface area contributed by atoms with Crippen molar-refractivity contribution in [2.24, 2.45) is 0 Å². The fourth-order valence-corrected chi connectivity index (χ4v) is 1.94. The van der Waals surface area contributed by atoms with Gasteiger partial charge in [0.15, 0.2) is 0 Å². The zero-order valence-electron chi connectivity index (χ0n) is 11.6. The zero-order valence-corrected chi connectivity index (χ0v) is 11.6. The van der Waals surface area contributed by atoms with Crippen molar-refractivity contribution in [1.29, 1.82) is 0 Å². The lowest BCUT2D eigenvalue weighted by Crippen LogP contribution is -2.08. The molecule has 0 radical (unpaired) electrons. The highest BCUT2D eigenvalue weighted by Crippen LogP contribution is 2.11. The molecule has 1 rings (SSSR count). The molecule has 17 heavy (non-hydrogen) atoms. The van der Waals surface area contributed by atoms with Crippen LogP contribution < -0.4 is 5.32 Å². The lowest BCUT2D eigenvalue weighted by Gasteiger charge is -2.09. The number of nitrogens with zero attached hydrogens (tertiary/aromatic N) is 2. The third-order valence-electron chi connectivity index (χ3n) is 2.96. The van der Waals surface area contributed by atoms with Crippen LogP contribution in [-0.2, 0) is 6.54 Å². The van der Waals surface area contributed by atoms with Gasteiger partial charge in [-0.3, -0.25) is 0 Å². The molecule has 0 saturated heterocycles. The first-order chi connectivity index (χ1) is 8.27. The second-order valence-corrected chi connectivity index (χ2v) is 4.74. The summed E-state index contributed by atoms with van der Waals surface area (Å²) in [6.07, 6.45) is 9.80. The molecular formula is C14H27N3. The van der Waals surface area contributed by atoms with Gasteiger partial charge in [0.1, 0.15) is 0 Å². The zero-order chi connectivity index (χ0) is 12.5. The number of hydrogen-bond acceptors (Lipinski definition) is 2. The van der Waals surface area contributed by atoms with E-state index < -0.39 is 0 Å². The van der Waals surface area contributed by atoms with Crippen molar-refractivity contribution >= 4 is 5.95 Å². The first kappa shape index (κ1) is 14.1. The van der Waals surface area contributed by atoms with Gasteiger partial charge in [0.05, 0.1) is 5.69 Å². The molecule has 0 spiro atoms. The summed E-state index contributed by atoms with van der Waals surface area (Å²) in [5.41, 5.74) is 1.11. The van der Waals surface area contributed by atoms with E-state index in [9.17, 15) is 0 Å². The third kappa shape index (κ3) is 5.24. The number of rotatable bonds is 9. The molecule has 0 aliphatic carbocycles. The number of hydrogen-bond donors (Lipinski definition) is 1. The Morgan fingerprint density at radius 1 is 1.12 bits per heavy atom. The second kappa shape index (κ2) is 8.15. The van der Waals surface area contributed by atoms with Gasteiger partial charge in [0.25, 0.3) is 0 Å². The minimum absolute atomic E-state index is 1.03. The minimum atomic E-state index is 1.03.